The molecule has 0 heterocycles. The summed E-state index contributed by atoms with van der Waals surface area (Å²) in [6.45, 7) is 21.9. The number of ketones is 1. The lowest BCUT2D eigenvalue weighted by molar-refractivity contribution is -0.130. The number of hydrogen-bond acceptors (Lipinski definition) is 1. The predicted molar refractivity (Wildman–Crippen MR) is 108 cm³/mol. The number of carbonyl (C=O) groups is 1. The minimum atomic E-state index is 0.330. The van der Waals surface area contributed by atoms with E-state index in [0.29, 0.717) is 22.5 Å². The molecule has 0 saturated heterocycles. The highest BCUT2D eigenvalue weighted by Gasteiger charge is 2.52. The maximum Gasteiger partial charge on any atom is 0.136 e. The first kappa shape index (κ1) is 23.4. The van der Waals surface area contributed by atoms with Crippen LogP contribution in [0.15, 0.2) is 13.2 Å². The van der Waals surface area contributed by atoms with Gasteiger partial charge in [0.25, 0.3) is 0 Å². The zero-order valence-electron chi connectivity index (χ0n) is 17.7. The summed E-state index contributed by atoms with van der Waals surface area (Å²) in [7, 11) is 0. The molecular weight excluding hydrogens is 292 g/mol. The van der Waals surface area contributed by atoms with Gasteiger partial charge in [-0.25, -0.2) is 0 Å². The number of rotatable bonds is 4. The van der Waals surface area contributed by atoms with Gasteiger partial charge >= 0.3 is 0 Å². The molecule has 0 aromatic heterocycles. The molecule has 2 unspecified atom stereocenters. The van der Waals surface area contributed by atoms with Crippen molar-refractivity contribution < 1.29 is 4.79 Å². The molecule has 24 heavy (non-hydrogen) atoms. The number of carbonyl (C=O) groups excluding carboxylic acids is 1. The van der Waals surface area contributed by atoms with E-state index < -0.39 is 0 Å². The Morgan fingerprint density at radius 1 is 1.21 bits per heavy atom. The third kappa shape index (κ3) is 6.05. The molecule has 142 valence electrons. The van der Waals surface area contributed by atoms with Crippen molar-refractivity contribution in [2.24, 2.45) is 28.6 Å². The summed E-state index contributed by atoms with van der Waals surface area (Å²) < 4.78 is 0. The Bertz CT molecular complexity index is 365. The van der Waals surface area contributed by atoms with Gasteiger partial charge < -0.3 is 0 Å². The normalized spacial score (nSPS) is 30.4. The van der Waals surface area contributed by atoms with Crippen LogP contribution in [-0.2, 0) is 4.79 Å². The van der Waals surface area contributed by atoms with E-state index >= 15 is 0 Å². The molecular formula is C23H44O. The standard InChI is InChI=1S/C19H34O.C2H6.C2H4/c1-14(8-6-12-18(2,3)4)15-10-11-16-17(20)9-7-13-19(15,16)5;2*1-2/h14-16H,6-13H2,1-5H3;1-2H3;1-2H2/t14-,15?,16?,19+;;/m0../s1. The molecule has 4 atom stereocenters. The first-order valence-electron chi connectivity index (χ1n) is 10.3. The largest absolute Gasteiger partial charge is 0.299 e. The van der Waals surface area contributed by atoms with Gasteiger partial charge in [0.05, 0.1) is 0 Å². The van der Waals surface area contributed by atoms with E-state index in [1.807, 2.05) is 13.8 Å². The van der Waals surface area contributed by atoms with E-state index in [0.717, 1.165) is 24.7 Å². The molecule has 0 aromatic rings. The summed E-state index contributed by atoms with van der Waals surface area (Å²) in [6, 6.07) is 0. The van der Waals surface area contributed by atoms with Crippen LogP contribution in [0, 0.1) is 28.6 Å². The van der Waals surface area contributed by atoms with Crippen LogP contribution in [0.4, 0.5) is 0 Å². The van der Waals surface area contributed by atoms with Crippen LogP contribution in [0.1, 0.15) is 99.8 Å². The smallest absolute Gasteiger partial charge is 0.136 e. The summed E-state index contributed by atoms with van der Waals surface area (Å²) >= 11 is 0. The fraction of sp³-hybridized carbons (Fsp3) is 0.870. The molecule has 2 rings (SSSR count). The molecule has 0 aliphatic heterocycles. The average Bonchev–Trinajstić information content (AvgIpc) is 2.88. The summed E-state index contributed by atoms with van der Waals surface area (Å²) in [4.78, 5) is 12.2. The first-order valence-corrected chi connectivity index (χ1v) is 10.3. The first-order chi connectivity index (χ1) is 11.2. The molecule has 0 amide bonds. The molecule has 0 radical (unpaired) electrons. The average molecular weight is 337 g/mol. The van der Waals surface area contributed by atoms with Crippen LogP contribution in [-0.4, -0.2) is 5.78 Å². The number of fused-ring (bicyclic) bond motifs is 1. The summed E-state index contributed by atoms with van der Waals surface area (Å²) in [5.74, 6) is 2.55. The second kappa shape index (κ2) is 10.4. The quantitative estimate of drug-likeness (QED) is 0.487. The number of hydrogen-bond donors (Lipinski definition) is 0. The molecule has 2 aliphatic rings. The van der Waals surface area contributed by atoms with Crippen molar-refractivity contribution in [3.63, 3.8) is 0 Å². The second-order valence-electron chi connectivity index (χ2n) is 8.99. The molecule has 2 aliphatic carbocycles. The molecule has 1 heteroatoms. The zero-order chi connectivity index (χ0) is 19.0. The van der Waals surface area contributed by atoms with Gasteiger partial charge in [-0.2, -0.15) is 0 Å². The zero-order valence-corrected chi connectivity index (χ0v) is 17.7. The van der Waals surface area contributed by atoms with Gasteiger partial charge in [-0.3, -0.25) is 4.79 Å². The highest BCUT2D eigenvalue weighted by molar-refractivity contribution is 5.83. The lowest BCUT2D eigenvalue weighted by atomic mass is 9.62. The van der Waals surface area contributed by atoms with Crippen molar-refractivity contribution in [3.05, 3.63) is 13.2 Å². The molecule has 2 fully saturated rings. The van der Waals surface area contributed by atoms with Gasteiger partial charge in [-0.05, 0) is 54.8 Å². The Balaban J connectivity index is 0.00000123. The molecule has 0 N–H and O–H groups in total. The summed E-state index contributed by atoms with van der Waals surface area (Å²) in [5, 5.41) is 0. The Hall–Kier alpha value is -0.590. The fourth-order valence-electron chi connectivity index (χ4n) is 5.06. The van der Waals surface area contributed by atoms with Crippen molar-refractivity contribution in [1.29, 1.82) is 0 Å². The monoisotopic (exact) mass is 336 g/mol. The highest BCUT2D eigenvalue weighted by atomic mass is 16.1. The minimum absolute atomic E-state index is 0.330. The van der Waals surface area contributed by atoms with Crippen molar-refractivity contribution in [2.75, 3.05) is 0 Å². The molecule has 0 spiro atoms. The van der Waals surface area contributed by atoms with Gasteiger partial charge in [0.2, 0.25) is 0 Å². The Morgan fingerprint density at radius 3 is 2.33 bits per heavy atom. The fourth-order valence-corrected chi connectivity index (χ4v) is 5.06. The van der Waals surface area contributed by atoms with Crippen molar-refractivity contribution >= 4 is 5.78 Å². The summed E-state index contributed by atoms with van der Waals surface area (Å²) in [5.41, 5.74) is 0.791. The number of Topliss-reactive ketones (excluding diaryl/α,β-unsaturated/α-hetero) is 1. The predicted octanol–water partition coefficient (Wildman–Crippen LogP) is 7.45. The SMILES string of the molecule is C=C.CC.C[C@@H](CCCC(C)(C)C)C1CCC2C(=O)CCC[C@@]21C. The van der Waals surface area contributed by atoms with E-state index in [4.69, 9.17) is 0 Å². The van der Waals surface area contributed by atoms with E-state index in [9.17, 15) is 4.79 Å². The maximum atomic E-state index is 12.2. The third-order valence-corrected chi connectivity index (χ3v) is 6.21. The van der Waals surface area contributed by atoms with Gasteiger partial charge in [-0.1, -0.05) is 61.3 Å². The molecule has 1 nitrogen and oxygen atoms in total. The maximum absolute atomic E-state index is 12.2. The minimum Gasteiger partial charge on any atom is -0.299 e. The van der Waals surface area contributed by atoms with Crippen molar-refractivity contribution in [1.82, 2.24) is 0 Å². The van der Waals surface area contributed by atoms with Crippen molar-refractivity contribution in [2.45, 2.75) is 99.8 Å². The molecule has 0 bridgehead atoms. The van der Waals surface area contributed by atoms with Crippen LogP contribution in [0.3, 0.4) is 0 Å². The van der Waals surface area contributed by atoms with Crippen LogP contribution in [0.2, 0.25) is 0 Å². The van der Waals surface area contributed by atoms with Crippen LogP contribution < -0.4 is 0 Å². The van der Waals surface area contributed by atoms with E-state index in [2.05, 4.69) is 47.8 Å². The molecule has 2 saturated carbocycles. The van der Waals surface area contributed by atoms with Gasteiger partial charge in [0.1, 0.15) is 5.78 Å². The Kier molecular flexibility index (Phi) is 10.2. The molecule has 0 aromatic carbocycles. The van der Waals surface area contributed by atoms with E-state index in [1.165, 1.54) is 38.5 Å². The van der Waals surface area contributed by atoms with Crippen LogP contribution in [0.25, 0.3) is 0 Å². The lowest BCUT2D eigenvalue weighted by Crippen LogP contribution is -2.39. The summed E-state index contributed by atoms with van der Waals surface area (Å²) in [6.07, 6.45) is 9.75. The van der Waals surface area contributed by atoms with Gasteiger partial charge in [0.15, 0.2) is 0 Å². The van der Waals surface area contributed by atoms with Gasteiger partial charge in [-0.15, -0.1) is 13.2 Å². The van der Waals surface area contributed by atoms with Crippen LogP contribution in [0.5, 0.6) is 0 Å². The highest BCUT2D eigenvalue weighted by Crippen LogP contribution is 2.57. The van der Waals surface area contributed by atoms with E-state index in [1.54, 1.807) is 0 Å². The van der Waals surface area contributed by atoms with Crippen LogP contribution >= 0.6 is 0 Å². The second-order valence-corrected chi connectivity index (χ2v) is 8.99. The topological polar surface area (TPSA) is 17.1 Å². The lowest BCUT2D eigenvalue weighted by Gasteiger charge is -2.42. The third-order valence-electron chi connectivity index (χ3n) is 6.21. The Labute approximate surface area is 152 Å². The Morgan fingerprint density at radius 2 is 1.79 bits per heavy atom. The van der Waals surface area contributed by atoms with Gasteiger partial charge in [0, 0.05) is 12.3 Å². The van der Waals surface area contributed by atoms with Crippen molar-refractivity contribution in [3.8, 4) is 0 Å². The van der Waals surface area contributed by atoms with E-state index in [-0.39, 0.29) is 0 Å².